The Morgan fingerprint density at radius 1 is 0.976 bits per heavy atom. The third-order valence-electron chi connectivity index (χ3n) is 7.49. The molecule has 1 aromatic heterocycles. The number of nitrogens with zero attached hydrogens (tertiary/aromatic N) is 3. The van der Waals surface area contributed by atoms with E-state index in [2.05, 4.69) is 23.4 Å². The molecular weight excluding hydrogens is 546 g/mol. The summed E-state index contributed by atoms with van der Waals surface area (Å²) in [5.41, 5.74) is 5.93. The number of fused-ring (bicyclic) bond motifs is 3. The normalized spacial score (nSPS) is 19.5. The zero-order valence-corrected chi connectivity index (χ0v) is 24.6. The van der Waals surface area contributed by atoms with Crippen LogP contribution >= 0.6 is 0 Å². The van der Waals surface area contributed by atoms with Gasteiger partial charge in [0.25, 0.3) is 0 Å². The average Bonchev–Trinajstić information content (AvgIpc) is 3.11. The molecule has 2 aliphatic rings. The largest absolute Gasteiger partial charge is 0.491 e. The third-order valence-corrected chi connectivity index (χ3v) is 8.76. The van der Waals surface area contributed by atoms with Gasteiger partial charge in [-0.25, -0.2) is 8.42 Å². The van der Waals surface area contributed by atoms with Crippen LogP contribution in [0.3, 0.4) is 0 Å². The molecule has 1 unspecified atom stereocenters. The minimum absolute atomic E-state index is 0.104. The summed E-state index contributed by atoms with van der Waals surface area (Å²) in [4.78, 5) is 15.5. The van der Waals surface area contributed by atoms with Crippen molar-refractivity contribution in [1.82, 2.24) is 14.4 Å². The van der Waals surface area contributed by atoms with E-state index in [1.54, 1.807) is 4.90 Å². The van der Waals surface area contributed by atoms with Gasteiger partial charge < -0.3 is 23.6 Å². The minimum atomic E-state index is -3.44. The number of amides is 1. The van der Waals surface area contributed by atoms with Crippen LogP contribution in [0.15, 0.2) is 47.0 Å². The van der Waals surface area contributed by atoms with Crippen LogP contribution in [0, 0.1) is 19.8 Å². The van der Waals surface area contributed by atoms with E-state index < -0.39 is 15.9 Å². The van der Waals surface area contributed by atoms with Crippen molar-refractivity contribution in [2.75, 3.05) is 58.9 Å². The van der Waals surface area contributed by atoms with Gasteiger partial charge in [0.05, 0.1) is 44.3 Å². The second kappa shape index (κ2) is 12.7. The molecule has 2 bridgehead atoms. The predicted molar refractivity (Wildman–Crippen MR) is 153 cm³/mol. The average molecular weight is 584 g/mol. The van der Waals surface area contributed by atoms with Gasteiger partial charge >= 0.3 is 0 Å². The van der Waals surface area contributed by atoms with Crippen LogP contribution in [0.2, 0.25) is 0 Å². The molecule has 1 atom stereocenters. The summed E-state index contributed by atoms with van der Waals surface area (Å²) < 4.78 is 48.8. The van der Waals surface area contributed by atoms with Crippen molar-refractivity contribution in [3.63, 3.8) is 0 Å². The maximum atomic E-state index is 13.7. The molecule has 11 heteroatoms. The smallest absolute Gasteiger partial charge is 0.229 e. The molecule has 2 aromatic carbocycles. The molecule has 2 aliphatic heterocycles. The quantitative estimate of drug-likeness (QED) is 0.462. The molecule has 3 heterocycles. The number of carbonyl (C=O) groups excluding carboxylic acids is 1. The highest BCUT2D eigenvalue weighted by molar-refractivity contribution is 7.88. The van der Waals surface area contributed by atoms with Crippen molar-refractivity contribution in [2.45, 2.75) is 26.8 Å². The SMILES string of the molecule is Cc1noc(C)c1-c1ccc2c(c1)Cc1cccc(c1)CN(C(=O)C1COCCN(S(C)(=O)=O)C1)CCOCCO2. The Bertz CT molecular complexity index is 1470. The lowest BCUT2D eigenvalue weighted by atomic mass is 9.96. The molecule has 10 nitrogen and oxygen atoms in total. The van der Waals surface area contributed by atoms with E-state index >= 15 is 0 Å². The van der Waals surface area contributed by atoms with Crippen molar-refractivity contribution >= 4 is 15.9 Å². The van der Waals surface area contributed by atoms with Gasteiger partial charge in [-0.3, -0.25) is 4.79 Å². The highest BCUT2D eigenvalue weighted by atomic mass is 32.2. The Kier molecular flexibility index (Phi) is 9.08. The van der Waals surface area contributed by atoms with E-state index in [9.17, 15) is 13.2 Å². The third kappa shape index (κ3) is 7.16. The van der Waals surface area contributed by atoms with Gasteiger partial charge in [0.15, 0.2) is 0 Å². The zero-order valence-electron chi connectivity index (χ0n) is 23.8. The maximum absolute atomic E-state index is 13.7. The van der Waals surface area contributed by atoms with Crippen LogP contribution in [-0.2, 0) is 37.3 Å². The van der Waals surface area contributed by atoms with E-state index in [1.807, 2.05) is 38.1 Å². The first-order valence-corrected chi connectivity index (χ1v) is 15.7. The fourth-order valence-corrected chi connectivity index (χ4v) is 6.29. The van der Waals surface area contributed by atoms with Crippen molar-refractivity contribution < 1.29 is 31.9 Å². The van der Waals surface area contributed by atoms with E-state index in [-0.39, 0.29) is 32.2 Å². The number of benzene rings is 2. The first kappa shape index (κ1) is 29.2. The molecule has 1 fully saturated rings. The maximum Gasteiger partial charge on any atom is 0.229 e. The van der Waals surface area contributed by atoms with E-state index in [1.165, 1.54) is 10.6 Å². The van der Waals surface area contributed by atoms with Crippen LogP contribution in [0.25, 0.3) is 11.1 Å². The van der Waals surface area contributed by atoms with Crippen molar-refractivity contribution in [1.29, 1.82) is 0 Å². The van der Waals surface area contributed by atoms with Crippen LogP contribution in [0.5, 0.6) is 5.75 Å². The minimum Gasteiger partial charge on any atom is -0.491 e. The van der Waals surface area contributed by atoms with Crippen molar-refractivity contribution in [2.24, 2.45) is 5.92 Å². The molecule has 41 heavy (non-hydrogen) atoms. The Labute approximate surface area is 241 Å². The number of ether oxygens (including phenoxy) is 3. The predicted octanol–water partition coefficient (Wildman–Crippen LogP) is 3.19. The Morgan fingerprint density at radius 2 is 1.78 bits per heavy atom. The summed E-state index contributed by atoms with van der Waals surface area (Å²) in [7, 11) is -3.44. The molecule has 0 spiro atoms. The molecule has 0 saturated carbocycles. The monoisotopic (exact) mass is 583 g/mol. The van der Waals surface area contributed by atoms with Crippen molar-refractivity contribution in [3.8, 4) is 16.9 Å². The summed E-state index contributed by atoms with van der Waals surface area (Å²) in [5.74, 6) is 0.829. The topological polar surface area (TPSA) is 111 Å². The summed E-state index contributed by atoms with van der Waals surface area (Å²) in [6.07, 6.45) is 1.80. The van der Waals surface area contributed by atoms with Crippen molar-refractivity contribution in [3.05, 3.63) is 70.6 Å². The fourth-order valence-electron chi connectivity index (χ4n) is 5.43. The summed E-state index contributed by atoms with van der Waals surface area (Å²) in [6.45, 7) is 6.45. The molecule has 5 rings (SSSR count). The van der Waals surface area contributed by atoms with Gasteiger partial charge in [-0.05, 0) is 48.2 Å². The highest BCUT2D eigenvalue weighted by Gasteiger charge is 2.32. The standard InChI is InChI=1S/C30H37N3O7S/c1-21-29(22(2)40-31-21)25-7-8-28-26(17-25)16-23-5-4-6-24(15-23)18-32(9-11-37-13-14-39-28)30(34)27-19-33(41(3,35)36)10-12-38-20-27/h4-8,15,17,27H,9-14,16,18-20H2,1-3H3. The Morgan fingerprint density at radius 3 is 2.56 bits per heavy atom. The molecule has 220 valence electrons. The van der Waals surface area contributed by atoms with E-state index in [0.29, 0.717) is 39.3 Å². The van der Waals surface area contributed by atoms with Gasteiger partial charge in [0.2, 0.25) is 15.9 Å². The van der Waals surface area contributed by atoms with E-state index in [4.69, 9.17) is 18.7 Å². The molecule has 3 aromatic rings. The summed E-state index contributed by atoms with van der Waals surface area (Å²) in [5, 5.41) is 4.11. The summed E-state index contributed by atoms with van der Waals surface area (Å²) in [6, 6.07) is 14.3. The van der Waals surface area contributed by atoms with Gasteiger partial charge in [-0.15, -0.1) is 0 Å². The first-order chi connectivity index (χ1) is 19.7. The second-order valence-electron chi connectivity index (χ2n) is 10.6. The lowest BCUT2D eigenvalue weighted by Gasteiger charge is -2.28. The van der Waals surface area contributed by atoms with Crippen LogP contribution in [0.4, 0.5) is 0 Å². The number of hydrogen-bond acceptors (Lipinski definition) is 8. The van der Waals surface area contributed by atoms with Gasteiger partial charge in [-0.2, -0.15) is 4.31 Å². The van der Waals surface area contributed by atoms with Crippen LogP contribution < -0.4 is 4.74 Å². The molecule has 1 amide bonds. The van der Waals surface area contributed by atoms with Gasteiger partial charge in [0.1, 0.15) is 18.1 Å². The molecule has 0 aliphatic carbocycles. The number of hydrogen-bond donors (Lipinski definition) is 0. The lowest BCUT2D eigenvalue weighted by molar-refractivity contribution is -0.138. The highest BCUT2D eigenvalue weighted by Crippen LogP contribution is 2.32. The molecule has 0 N–H and O–H groups in total. The molecule has 0 radical (unpaired) electrons. The van der Waals surface area contributed by atoms with Crippen LogP contribution in [-0.4, -0.2) is 87.6 Å². The van der Waals surface area contributed by atoms with Crippen LogP contribution in [0.1, 0.15) is 28.1 Å². The lowest BCUT2D eigenvalue weighted by Crippen LogP contribution is -2.44. The fraction of sp³-hybridized carbons (Fsp3) is 0.467. The molecular formula is C30H37N3O7S. The first-order valence-electron chi connectivity index (χ1n) is 13.8. The Balaban J connectivity index is 1.41. The van der Waals surface area contributed by atoms with E-state index in [0.717, 1.165) is 45.0 Å². The summed E-state index contributed by atoms with van der Waals surface area (Å²) >= 11 is 0. The number of rotatable bonds is 3. The van der Waals surface area contributed by atoms with Gasteiger partial charge in [0, 0.05) is 38.2 Å². The number of aromatic nitrogens is 1. The second-order valence-corrected chi connectivity index (χ2v) is 12.6. The number of sulfonamides is 1. The number of carbonyl (C=O) groups is 1. The van der Waals surface area contributed by atoms with Gasteiger partial charge in [-0.1, -0.05) is 35.5 Å². The molecule has 1 saturated heterocycles. The zero-order chi connectivity index (χ0) is 29.0. The Hall–Kier alpha value is -3.25. The number of aryl methyl sites for hydroxylation is 2.